The van der Waals surface area contributed by atoms with E-state index in [1.54, 1.807) is 0 Å². The third-order valence-corrected chi connectivity index (χ3v) is 4.68. The van der Waals surface area contributed by atoms with Gasteiger partial charge in [0.1, 0.15) is 0 Å². The van der Waals surface area contributed by atoms with Crippen LogP contribution < -0.4 is 5.14 Å². The third-order valence-electron chi connectivity index (χ3n) is 3.64. The van der Waals surface area contributed by atoms with Crippen LogP contribution in [0.3, 0.4) is 0 Å². The lowest BCUT2D eigenvalue weighted by molar-refractivity contribution is -0.148. The van der Waals surface area contributed by atoms with E-state index in [9.17, 15) is 22.0 Å². The lowest BCUT2D eigenvalue weighted by atomic mass is 9.88. The molecule has 2 rings (SSSR count). The van der Waals surface area contributed by atoms with Gasteiger partial charge in [-0.1, -0.05) is 0 Å². The van der Waals surface area contributed by atoms with Gasteiger partial charge < -0.3 is 5.11 Å². The number of carbonyl (C=O) groups is 1. The van der Waals surface area contributed by atoms with Crippen LogP contribution in [0.25, 0.3) is 0 Å². The molecule has 9 heteroatoms. The number of carboxylic acid groups (broad SMARTS) is 1. The zero-order valence-electron chi connectivity index (χ0n) is 8.77. The SMILES string of the molecule is NS(=O)(=O)N1CCC2(CC2C(=O)O)C(F)(F)C1. The molecule has 0 aromatic heterocycles. The van der Waals surface area contributed by atoms with Gasteiger partial charge in [-0.25, -0.2) is 13.9 Å². The molecule has 0 bridgehead atoms. The number of carboxylic acids is 1. The number of alkyl halides is 2. The van der Waals surface area contributed by atoms with E-state index >= 15 is 0 Å². The van der Waals surface area contributed by atoms with E-state index in [-0.39, 0.29) is 19.4 Å². The number of nitrogens with two attached hydrogens (primary N) is 1. The summed E-state index contributed by atoms with van der Waals surface area (Å²) in [5, 5.41) is 13.5. The molecule has 98 valence electrons. The molecule has 1 saturated carbocycles. The summed E-state index contributed by atoms with van der Waals surface area (Å²) < 4.78 is 50.1. The summed E-state index contributed by atoms with van der Waals surface area (Å²) in [6, 6.07) is 0. The normalized spacial score (nSPS) is 37.0. The molecule has 2 unspecified atom stereocenters. The molecule has 0 amide bonds. The first kappa shape index (κ1) is 12.7. The summed E-state index contributed by atoms with van der Waals surface area (Å²) in [5.41, 5.74) is -1.58. The maximum absolute atomic E-state index is 13.8. The van der Waals surface area contributed by atoms with Gasteiger partial charge in [-0.05, 0) is 12.8 Å². The molecular formula is C8H12F2N2O4S. The summed E-state index contributed by atoms with van der Waals surface area (Å²) >= 11 is 0. The van der Waals surface area contributed by atoms with Gasteiger partial charge in [0.05, 0.1) is 17.9 Å². The first-order valence-electron chi connectivity index (χ1n) is 4.99. The molecule has 17 heavy (non-hydrogen) atoms. The Kier molecular flexibility index (Phi) is 2.50. The summed E-state index contributed by atoms with van der Waals surface area (Å²) in [6.07, 6.45) is -0.277. The quantitative estimate of drug-likeness (QED) is 0.714. The smallest absolute Gasteiger partial charge is 0.307 e. The summed E-state index contributed by atoms with van der Waals surface area (Å²) in [6.45, 7) is -1.19. The van der Waals surface area contributed by atoms with Crippen molar-refractivity contribution < 1.29 is 27.1 Å². The van der Waals surface area contributed by atoms with Gasteiger partial charge in [-0.15, -0.1) is 0 Å². The van der Waals surface area contributed by atoms with Crippen LogP contribution in [0.1, 0.15) is 12.8 Å². The van der Waals surface area contributed by atoms with Crippen LogP contribution in [-0.2, 0) is 15.0 Å². The highest BCUT2D eigenvalue weighted by Crippen LogP contribution is 2.65. The third kappa shape index (κ3) is 1.81. The van der Waals surface area contributed by atoms with Gasteiger partial charge in [0.25, 0.3) is 16.1 Å². The highest BCUT2D eigenvalue weighted by atomic mass is 32.2. The van der Waals surface area contributed by atoms with E-state index in [4.69, 9.17) is 10.2 Å². The molecule has 0 aromatic rings. The van der Waals surface area contributed by atoms with Crippen LogP contribution in [0, 0.1) is 11.3 Å². The number of hydrogen-bond donors (Lipinski definition) is 2. The van der Waals surface area contributed by atoms with Crippen molar-refractivity contribution >= 4 is 16.2 Å². The molecule has 1 saturated heterocycles. The van der Waals surface area contributed by atoms with Crippen molar-refractivity contribution in [2.75, 3.05) is 13.1 Å². The van der Waals surface area contributed by atoms with Crippen molar-refractivity contribution in [3.63, 3.8) is 0 Å². The van der Waals surface area contributed by atoms with Crippen molar-refractivity contribution in [3.05, 3.63) is 0 Å². The van der Waals surface area contributed by atoms with E-state index in [1.165, 1.54) is 0 Å². The second-order valence-electron chi connectivity index (χ2n) is 4.58. The molecule has 1 spiro atoms. The number of rotatable bonds is 2. The monoisotopic (exact) mass is 270 g/mol. The minimum absolute atomic E-state index is 0.103. The summed E-state index contributed by atoms with van der Waals surface area (Å²) in [7, 11) is -4.15. The Labute approximate surface area is 96.6 Å². The molecule has 6 nitrogen and oxygen atoms in total. The van der Waals surface area contributed by atoms with E-state index in [2.05, 4.69) is 0 Å². The first-order chi connectivity index (χ1) is 7.60. The highest BCUT2D eigenvalue weighted by molar-refractivity contribution is 7.86. The lowest BCUT2D eigenvalue weighted by Gasteiger charge is -2.37. The van der Waals surface area contributed by atoms with E-state index in [1.807, 2.05) is 0 Å². The van der Waals surface area contributed by atoms with Gasteiger partial charge in [-0.3, -0.25) is 4.79 Å². The Morgan fingerprint density at radius 1 is 1.47 bits per heavy atom. The van der Waals surface area contributed by atoms with Crippen molar-refractivity contribution in [2.45, 2.75) is 18.8 Å². The fourth-order valence-electron chi connectivity index (χ4n) is 2.49. The van der Waals surface area contributed by atoms with Crippen LogP contribution in [0.15, 0.2) is 0 Å². The Morgan fingerprint density at radius 3 is 2.41 bits per heavy atom. The van der Waals surface area contributed by atoms with Crippen molar-refractivity contribution in [1.29, 1.82) is 0 Å². The van der Waals surface area contributed by atoms with E-state index in [0.717, 1.165) is 0 Å². The molecule has 1 aliphatic heterocycles. The van der Waals surface area contributed by atoms with Crippen LogP contribution in [0.2, 0.25) is 0 Å². The molecular weight excluding hydrogens is 258 g/mol. The highest BCUT2D eigenvalue weighted by Gasteiger charge is 2.73. The van der Waals surface area contributed by atoms with Gasteiger partial charge in [0.2, 0.25) is 0 Å². The summed E-state index contributed by atoms with van der Waals surface area (Å²) in [4.78, 5) is 10.7. The fraction of sp³-hybridized carbons (Fsp3) is 0.875. The molecule has 1 aliphatic carbocycles. The van der Waals surface area contributed by atoms with Crippen LogP contribution in [0.5, 0.6) is 0 Å². The molecule has 2 atom stereocenters. The van der Waals surface area contributed by atoms with E-state index < -0.39 is 40.0 Å². The van der Waals surface area contributed by atoms with Crippen molar-refractivity contribution in [1.82, 2.24) is 4.31 Å². The van der Waals surface area contributed by atoms with Gasteiger partial charge >= 0.3 is 5.97 Å². The van der Waals surface area contributed by atoms with Crippen molar-refractivity contribution in [3.8, 4) is 0 Å². The minimum atomic E-state index is -4.15. The number of aliphatic carboxylic acids is 1. The molecule has 0 radical (unpaired) electrons. The van der Waals surface area contributed by atoms with Crippen LogP contribution in [0.4, 0.5) is 8.78 Å². The first-order valence-corrected chi connectivity index (χ1v) is 6.49. The fourth-order valence-corrected chi connectivity index (χ4v) is 3.18. The van der Waals surface area contributed by atoms with Gasteiger partial charge in [0, 0.05) is 6.54 Å². The zero-order valence-corrected chi connectivity index (χ0v) is 9.58. The topological polar surface area (TPSA) is 101 Å². The van der Waals surface area contributed by atoms with Crippen LogP contribution >= 0.6 is 0 Å². The Balaban J connectivity index is 2.21. The lowest BCUT2D eigenvalue weighted by Crippen LogP contribution is -2.54. The Morgan fingerprint density at radius 2 is 2.06 bits per heavy atom. The molecule has 2 aliphatic rings. The zero-order chi connectivity index (χ0) is 13.1. The predicted molar refractivity (Wildman–Crippen MR) is 52.4 cm³/mol. The Bertz CT molecular complexity index is 466. The molecule has 2 fully saturated rings. The molecule has 3 N–H and O–H groups in total. The van der Waals surface area contributed by atoms with Crippen molar-refractivity contribution in [2.24, 2.45) is 16.5 Å². The average molecular weight is 270 g/mol. The van der Waals surface area contributed by atoms with Crippen LogP contribution in [-0.4, -0.2) is 42.8 Å². The minimum Gasteiger partial charge on any atom is -0.481 e. The van der Waals surface area contributed by atoms with E-state index in [0.29, 0.717) is 4.31 Å². The number of nitrogens with zero attached hydrogens (tertiary/aromatic N) is 1. The average Bonchev–Trinajstić information content (AvgIpc) is 2.85. The number of hydrogen-bond acceptors (Lipinski definition) is 3. The van der Waals surface area contributed by atoms with Gasteiger partial charge in [-0.2, -0.15) is 12.7 Å². The predicted octanol–water partition coefficient (Wildman–Crippen LogP) is -0.378. The second-order valence-corrected chi connectivity index (χ2v) is 6.13. The standard InChI is InChI=1S/C8H12F2N2O4S/c9-8(10)4-12(17(11,15)16)2-1-7(8)3-5(7)6(13)14/h5H,1-4H2,(H,13,14)(H2,11,15,16). The summed E-state index contributed by atoms with van der Waals surface area (Å²) in [5.74, 6) is -5.69. The second kappa shape index (κ2) is 3.36. The number of piperidine rings is 1. The van der Waals surface area contributed by atoms with Gasteiger partial charge in [0.15, 0.2) is 0 Å². The molecule has 1 heterocycles. The maximum Gasteiger partial charge on any atom is 0.307 e. The molecule has 0 aromatic carbocycles. The Hall–Kier alpha value is -0.800. The number of halogens is 2. The largest absolute Gasteiger partial charge is 0.481 e. The maximum atomic E-state index is 13.8.